The van der Waals surface area contributed by atoms with Gasteiger partial charge in [0.25, 0.3) is 0 Å². The number of nitrogens with one attached hydrogen (secondary N) is 1. The second kappa shape index (κ2) is 5.37. The number of halogens is 1. The van der Waals surface area contributed by atoms with E-state index < -0.39 is 0 Å². The van der Waals surface area contributed by atoms with Crippen molar-refractivity contribution >= 4 is 21.6 Å². The van der Waals surface area contributed by atoms with E-state index in [1.165, 1.54) is 36.1 Å². The summed E-state index contributed by atoms with van der Waals surface area (Å²) in [5.74, 6) is 0.784. The molecule has 3 nitrogen and oxygen atoms in total. The van der Waals surface area contributed by atoms with Gasteiger partial charge in [-0.25, -0.2) is 0 Å². The van der Waals surface area contributed by atoms with Crippen LogP contribution in [0, 0.1) is 0 Å². The van der Waals surface area contributed by atoms with Crippen molar-refractivity contribution in [3.63, 3.8) is 0 Å². The Morgan fingerprint density at radius 1 is 1.42 bits per heavy atom. The Kier molecular flexibility index (Phi) is 3.60. The van der Waals surface area contributed by atoms with Crippen LogP contribution in [-0.4, -0.2) is 9.78 Å². The van der Waals surface area contributed by atoms with E-state index in [9.17, 15) is 0 Å². The molecule has 1 aromatic carbocycles. The summed E-state index contributed by atoms with van der Waals surface area (Å²) in [5.41, 5.74) is 3.85. The lowest BCUT2D eigenvalue weighted by molar-refractivity contribution is 0.420. The van der Waals surface area contributed by atoms with E-state index in [2.05, 4.69) is 50.6 Å². The number of anilines is 1. The van der Waals surface area contributed by atoms with Crippen LogP contribution in [0.3, 0.4) is 0 Å². The number of aryl methyl sites for hydroxylation is 1. The van der Waals surface area contributed by atoms with E-state index in [4.69, 9.17) is 0 Å². The first-order chi connectivity index (χ1) is 9.22. The van der Waals surface area contributed by atoms with Crippen LogP contribution in [0.15, 0.2) is 35.1 Å². The summed E-state index contributed by atoms with van der Waals surface area (Å²) < 4.78 is 2.74. The zero-order valence-electron chi connectivity index (χ0n) is 11.1. The van der Waals surface area contributed by atoms with Gasteiger partial charge in [0.2, 0.25) is 0 Å². The van der Waals surface area contributed by atoms with Crippen molar-refractivity contribution in [2.75, 3.05) is 5.32 Å². The van der Waals surface area contributed by atoms with Gasteiger partial charge in [0, 0.05) is 31.0 Å². The monoisotopic (exact) mass is 319 g/mol. The zero-order chi connectivity index (χ0) is 13.2. The first-order valence-electron chi connectivity index (χ1n) is 6.74. The lowest BCUT2D eigenvalue weighted by Gasteiger charge is -2.26. The Balaban J connectivity index is 1.67. The van der Waals surface area contributed by atoms with Crippen LogP contribution in [0.2, 0.25) is 0 Å². The molecule has 0 spiro atoms. The maximum absolute atomic E-state index is 4.28. The highest BCUT2D eigenvalue weighted by Gasteiger charge is 2.19. The van der Waals surface area contributed by atoms with Crippen LogP contribution in [-0.2, 0) is 13.6 Å². The van der Waals surface area contributed by atoms with Crippen LogP contribution < -0.4 is 5.32 Å². The summed E-state index contributed by atoms with van der Waals surface area (Å²) in [6.45, 7) is 0.794. The van der Waals surface area contributed by atoms with Crippen molar-refractivity contribution in [3.8, 4) is 0 Å². The van der Waals surface area contributed by atoms with Crippen molar-refractivity contribution < 1.29 is 0 Å². The number of nitrogens with zero attached hydrogens (tertiary/aromatic N) is 2. The van der Waals surface area contributed by atoms with Crippen LogP contribution in [0.5, 0.6) is 0 Å². The Bertz CT molecular complexity index is 573. The SMILES string of the molecule is Cn1cc(CNc2cccc(C3CCC3)c2)c(Br)n1. The Labute approximate surface area is 122 Å². The molecule has 0 unspecified atom stereocenters. The fourth-order valence-electron chi connectivity index (χ4n) is 2.47. The highest BCUT2D eigenvalue weighted by Crippen LogP contribution is 2.37. The first-order valence-corrected chi connectivity index (χ1v) is 7.53. The highest BCUT2D eigenvalue weighted by molar-refractivity contribution is 9.10. The number of hydrogen-bond donors (Lipinski definition) is 1. The average Bonchev–Trinajstić information content (AvgIpc) is 2.64. The van der Waals surface area contributed by atoms with Crippen molar-refractivity contribution in [2.45, 2.75) is 31.7 Å². The van der Waals surface area contributed by atoms with E-state index in [0.717, 1.165) is 17.1 Å². The van der Waals surface area contributed by atoms with Crippen LogP contribution in [0.4, 0.5) is 5.69 Å². The summed E-state index contributed by atoms with van der Waals surface area (Å²) >= 11 is 3.48. The standard InChI is InChI=1S/C15H18BrN3/c1-19-10-13(15(16)18-19)9-17-14-7-3-6-12(8-14)11-4-2-5-11/h3,6-8,10-11,17H,2,4-5,9H2,1H3. The van der Waals surface area contributed by atoms with Crippen molar-refractivity contribution in [2.24, 2.45) is 7.05 Å². The summed E-state index contributed by atoms with van der Waals surface area (Å²) in [7, 11) is 1.94. The van der Waals surface area contributed by atoms with E-state index in [1.54, 1.807) is 0 Å². The Hall–Kier alpha value is -1.29. The molecule has 0 aliphatic heterocycles. The van der Waals surface area contributed by atoms with Gasteiger partial charge in [-0.3, -0.25) is 4.68 Å². The molecule has 0 atom stereocenters. The molecule has 1 N–H and O–H groups in total. The molecule has 19 heavy (non-hydrogen) atoms. The van der Waals surface area contributed by atoms with E-state index in [-0.39, 0.29) is 0 Å². The molecule has 0 saturated heterocycles. The molecule has 1 heterocycles. The minimum Gasteiger partial charge on any atom is -0.381 e. The third-order valence-electron chi connectivity index (χ3n) is 3.80. The van der Waals surface area contributed by atoms with Gasteiger partial charge in [-0.15, -0.1) is 0 Å². The van der Waals surface area contributed by atoms with Crippen LogP contribution in [0.25, 0.3) is 0 Å². The Morgan fingerprint density at radius 2 is 2.26 bits per heavy atom. The van der Waals surface area contributed by atoms with Gasteiger partial charge in [-0.1, -0.05) is 18.6 Å². The van der Waals surface area contributed by atoms with Crippen LogP contribution >= 0.6 is 15.9 Å². The Morgan fingerprint density at radius 3 is 2.89 bits per heavy atom. The number of benzene rings is 1. The molecule has 1 aliphatic rings. The van der Waals surface area contributed by atoms with Crippen molar-refractivity contribution in [1.82, 2.24) is 9.78 Å². The minimum absolute atomic E-state index is 0.784. The molecule has 0 radical (unpaired) electrons. The topological polar surface area (TPSA) is 29.9 Å². The second-order valence-electron chi connectivity index (χ2n) is 5.23. The lowest BCUT2D eigenvalue weighted by atomic mass is 9.80. The van der Waals surface area contributed by atoms with Crippen molar-refractivity contribution in [1.29, 1.82) is 0 Å². The molecule has 1 fully saturated rings. The van der Waals surface area contributed by atoms with E-state index in [1.807, 2.05) is 17.9 Å². The highest BCUT2D eigenvalue weighted by atomic mass is 79.9. The minimum atomic E-state index is 0.784. The van der Waals surface area contributed by atoms with Gasteiger partial charge in [0.05, 0.1) is 0 Å². The predicted octanol–water partition coefficient (Wildman–Crippen LogP) is 4.06. The largest absolute Gasteiger partial charge is 0.381 e. The molecule has 0 bridgehead atoms. The summed E-state index contributed by atoms with van der Waals surface area (Å²) in [6, 6.07) is 8.81. The van der Waals surface area contributed by atoms with Gasteiger partial charge >= 0.3 is 0 Å². The first kappa shape index (κ1) is 12.7. The molecule has 1 aromatic heterocycles. The number of rotatable bonds is 4. The molecule has 1 saturated carbocycles. The van der Waals surface area contributed by atoms with Crippen molar-refractivity contribution in [3.05, 3.63) is 46.2 Å². The maximum atomic E-state index is 4.28. The third-order valence-corrected chi connectivity index (χ3v) is 4.47. The van der Waals surface area contributed by atoms with Gasteiger partial charge in [0.15, 0.2) is 0 Å². The molecular weight excluding hydrogens is 302 g/mol. The summed E-state index contributed by atoms with van der Waals surface area (Å²) in [5, 5.41) is 7.76. The zero-order valence-corrected chi connectivity index (χ0v) is 12.7. The average molecular weight is 320 g/mol. The molecular formula is C15H18BrN3. The van der Waals surface area contributed by atoms with Gasteiger partial charge < -0.3 is 5.32 Å². The van der Waals surface area contributed by atoms with Gasteiger partial charge in [-0.2, -0.15) is 5.10 Å². The van der Waals surface area contributed by atoms with Crippen LogP contribution in [0.1, 0.15) is 36.3 Å². The normalized spacial score (nSPS) is 15.3. The quantitative estimate of drug-likeness (QED) is 0.920. The molecule has 1 aliphatic carbocycles. The number of hydrogen-bond acceptors (Lipinski definition) is 2. The number of aromatic nitrogens is 2. The fourth-order valence-corrected chi connectivity index (χ4v) is 2.96. The maximum Gasteiger partial charge on any atom is 0.133 e. The van der Waals surface area contributed by atoms with Gasteiger partial charge in [-0.05, 0) is 52.4 Å². The third kappa shape index (κ3) is 2.84. The summed E-state index contributed by atoms with van der Waals surface area (Å²) in [6.07, 6.45) is 6.10. The smallest absolute Gasteiger partial charge is 0.133 e. The van der Waals surface area contributed by atoms with Gasteiger partial charge in [0.1, 0.15) is 4.60 Å². The fraction of sp³-hybridized carbons (Fsp3) is 0.400. The van der Waals surface area contributed by atoms with E-state index >= 15 is 0 Å². The predicted molar refractivity (Wildman–Crippen MR) is 81.3 cm³/mol. The molecule has 0 amide bonds. The molecule has 100 valence electrons. The second-order valence-corrected chi connectivity index (χ2v) is 5.98. The molecule has 4 heteroatoms. The van der Waals surface area contributed by atoms with E-state index in [0.29, 0.717) is 0 Å². The summed E-state index contributed by atoms with van der Waals surface area (Å²) in [4.78, 5) is 0. The molecule has 2 aromatic rings. The lowest BCUT2D eigenvalue weighted by Crippen LogP contribution is -2.09. The molecule has 3 rings (SSSR count).